The summed E-state index contributed by atoms with van der Waals surface area (Å²) < 4.78 is 15.9. The molecule has 0 aliphatic heterocycles. The third-order valence-electron chi connectivity index (χ3n) is 5.30. The minimum Gasteiger partial charge on any atom is -0.411 e. The minimum absolute atomic E-state index is 0.112. The van der Waals surface area contributed by atoms with E-state index in [4.69, 9.17) is 8.85 Å². The van der Waals surface area contributed by atoms with Crippen molar-refractivity contribution < 1.29 is 8.85 Å². The molecule has 0 N–H and O–H groups in total. The Morgan fingerprint density at radius 1 is 1.12 bits per heavy atom. The monoisotopic (exact) mass is 510 g/mol. The smallest absolute Gasteiger partial charge is 0.192 e. The lowest BCUT2D eigenvalue weighted by Crippen LogP contribution is -2.55. The highest BCUT2D eigenvalue weighted by molar-refractivity contribution is 14.1. The molecule has 0 aliphatic rings. The van der Waals surface area contributed by atoms with E-state index in [9.17, 15) is 0 Å². The van der Waals surface area contributed by atoms with Crippen LogP contribution in [0, 0.1) is 0 Å². The van der Waals surface area contributed by atoms with Crippen molar-refractivity contribution in [2.45, 2.75) is 110 Å². The summed E-state index contributed by atoms with van der Waals surface area (Å²) in [4.78, 5) is 0. The van der Waals surface area contributed by atoms with Gasteiger partial charge in [-0.2, -0.15) is 0 Å². The van der Waals surface area contributed by atoms with Crippen molar-refractivity contribution in [3.63, 3.8) is 0 Å². The minimum atomic E-state index is -1.89. The van der Waals surface area contributed by atoms with Crippen LogP contribution in [0.2, 0.25) is 37.8 Å². The first-order valence-corrected chi connectivity index (χ1v) is 17.4. The molecule has 0 rings (SSSR count). The summed E-state index contributed by atoms with van der Waals surface area (Å²) in [6.45, 7) is 26.9. The fourth-order valence-corrected chi connectivity index (χ4v) is 6.18. The van der Waals surface area contributed by atoms with Gasteiger partial charge in [0.25, 0.3) is 0 Å². The lowest BCUT2D eigenvalue weighted by Gasteiger charge is -2.47. The largest absolute Gasteiger partial charge is 0.411 e. The van der Waals surface area contributed by atoms with E-state index in [1.807, 2.05) is 6.08 Å². The van der Waals surface area contributed by atoms with Crippen LogP contribution < -0.4 is 0 Å². The quantitative estimate of drug-likeness (QED) is 0.159. The van der Waals surface area contributed by atoms with Crippen LogP contribution in [0.5, 0.6) is 0 Å². The molecule has 0 amide bonds. The highest BCUT2D eigenvalue weighted by Crippen LogP contribution is 2.41. The number of rotatable bonds is 11. The molecule has 26 heavy (non-hydrogen) atoms. The summed E-state index contributed by atoms with van der Waals surface area (Å²) >= 11 is 2.34. The molecular formula is C21H43IO2Si2. The number of allylic oxidation sites excluding steroid dienone is 2. The molecule has 5 heteroatoms. The molecule has 0 saturated heterocycles. The Labute approximate surface area is 179 Å². The molecule has 0 aromatic rings. The van der Waals surface area contributed by atoms with Crippen molar-refractivity contribution in [3.05, 3.63) is 22.3 Å². The first kappa shape index (κ1) is 26.6. The zero-order chi connectivity index (χ0) is 20.8. The molecule has 0 radical (unpaired) electrons. The van der Waals surface area contributed by atoms with Crippen LogP contribution >= 0.6 is 22.6 Å². The molecule has 0 fully saturated rings. The van der Waals surface area contributed by atoms with Crippen molar-refractivity contribution in [2.24, 2.45) is 0 Å². The lowest BCUT2D eigenvalue weighted by molar-refractivity contribution is -0.0483. The molecule has 0 heterocycles. The summed E-state index contributed by atoms with van der Waals surface area (Å²) in [6.07, 6.45) is 6.11. The number of halogens is 1. The Balaban J connectivity index is 5.81. The molecular weight excluding hydrogens is 467 g/mol. The number of hydrogen-bond acceptors (Lipinski definition) is 2. The maximum atomic E-state index is 6.98. The molecule has 0 aromatic heterocycles. The Bertz CT molecular complexity index is 475. The van der Waals surface area contributed by atoms with Gasteiger partial charge in [0.15, 0.2) is 16.6 Å². The van der Waals surface area contributed by atoms with Crippen LogP contribution in [0.3, 0.4) is 0 Å². The van der Waals surface area contributed by atoms with Gasteiger partial charge in [0.05, 0.1) is 11.7 Å². The zero-order valence-electron chi connectivity index (χ0n) is 19.0. The molecule has 0 aliphatic carbocycles. The number of hydrogen-bond donors (Lipinski definition) is 0. The van der Waals surface area contributed by atoms with E-state index in [0.717, 1.165) is 25.7 Å². The van der Waals surface area contributed by atoms with Crippen molar-refractivity contribution in [3.8, 4) is 0 Å². The van der Waals surface area contributed by atoms with Crippen molar-refractivity contribution in [1.29, 1.82) is 0 Å². The molecule has 154 valence electrons. The van der Waals surface area contributed by atoms with Gasteiger partial charge in [0.2, 0.25) is 0 Å². The predicted molar refractivity (Wildman–Crippen MR) is 131 cm³/mol. The normalized spacial score (nSPS) is 17.7. The lowest BCUT2D eigenvalue weighted by atomic mass is 9.90. The first-order valence-electron chi connectivity index (χ1n) is 9.83. The Hall–Kier alpha value is 0.564. The molecule has 0 saturated carbocycles. The van der Waals surface area contributed by atoms with Crippen LogP contribution in [-0.2, 0) is 8.85 Å². The average molecular weight is 511 g/mol. The summed E-state index contributed by atoms with van der Waals surface area (Å²) in [5, 5.41) is 0.192. The van der Waals surface area contributed by atoms with Gasteiger partial charge in [-0.25, -0.2) is 0 Å². The van der Waals surface area contributed by atoms with Gasteiger partial charge in [-0.1, -0.05) is 55.0 Å². The second-order valence-electron chi connectivity index (χ2n) is 10.2. The van der Waals surface area contributed by atoms with Crippen molar-refractivity contribution in [2.75, 3.05) is 0 Å². The highest BCUT2D eigenvalue weighted by Gasteiger charge is 2.45. The van der Waals surface area contributed by atoms with Gasteiger partial charge in [-0.05, 0) is 81.4 Å². The van der Waals surface area contributed by atoms with Gasteiger partial charge >= 0.3 is 0 Å². The fraction of sp³-hybridized carbons (Fsp3) is 0.810. The van der Waals surface area contributed by atoms with E-state index in [2.05, 4.69) is 101 Å². The Morgan fingerprint density at radius 3 is 2.04 bits per heavy atom. The van der Waals surface area contributed by atoms with E-state index < -0.39 is 16.6 Å². The summed E-state index contributed by atoms with van der Waals surface area (Å²) in [5.74, 6) is 0. The second kappa shape index (κ2) is 10.4. The Morgan fingerprint density at radius 2 is 1.65 bits per heavy atom. The SMILES string of the molecule is C=CCC[C@@](C)(O[Si](C)(C)C)[C@H](CC/C(C)=C/I)O[Si](C)(C)C(C)(C)C. The third-order valence-corrected chi connectivity index (χ3v) is 11.9. The summed E-state index contributed by atoms with van der Waals surface area (Å²) in [6, 6.07) is 0. The second-order valence-corrected chi connectivity index (χ2v) is 20.0. The first-order chi connectivity index (χ1) is 11.6. The molecule has 0 spiro atoms. The third kappa shape index (κ3) is 9.17. The van der Waals surface area contributed by atoms with Crippen LogP contribution in [0.4, 0.5) is 0 Å². The van der Waals surface area contributed by atoms with Crippen LogP contribution in [0.15, 0.2) is 22.3 Å². The highest BCUT2D eigenvalue weighted by atomic mass is 127. The topological polar surface area (TPSA) is 18.5 Å². The van der Waals surface area contributed by atoms with Crippen LogP contribution in [0.1, 0.15) is 60.3 Å². The zero-order valence-corrected chi connectivity index (χ0v) is 23.1. The van der Waals surface area contributed by atoms with E-state index in [-0.39, 0.29) is 16.7 Å². The van der Waals surface area contributed by atoms with Gasteiger partial charge < -0.3 is 8.85 Å². The molecule has 2 atom stereocenters. The van der Waals surface area contributed by atoms with Crippen molar-refractivity contribution in [1.82, 2.24) is 0 Å². The molecule has 0 unspecified atom stereocenters. The van der Waals surface area contributed by atoms with E-state index in [1.54, 1.807) is 0 Å². The standard InChI is InChI=1S/C21H43IO2Si2/c1-12-13-16-21(6,24-25(7,8)9)19(15-14-18(2)17-22)23-26(10,11)20(3,4)5/h12,17,19H,1,13-16H2,2-11H3/b18-17+/t19-,21+/m0/s1. The van der Waals surface area contributed by atoms with Crippen LogP contribution in [-0.4, -0.2) is 28.3 Å². The van der Waals surface area contributed by atoms with E-state index in [1.165, 1.54) is 5.57 Å². The summed E-state index contributed by atoms with van der Waals surface area (Å²) in [7, 11) is -3.59. The maximum Gasteiger partial charge on any atom is 0.192 e. The average Bonchev–Trinajstić information content (AvgIpc) is 2.45. The summed E-state index contributed by atoms with van der Waals surface area (Å²) in [5.41, 5.74) is 1.15. The molecule has 0 aromatic carbocycles. The van der Waals surface area contributed by atoms with Gasteiger partial charge in [0, 0.05) is 0 Å². The predicted octanol–water partition coefficient (Wildman–Crippen LogP) is 8.07. The fourth-order valence-electron chi connectivity index (χ4n) is 2.80. The Kier molecular flexibility index (Phi) is 10.6. The van der Waals surface area contributed by atoms with Crippen molar-refractivity contribution >= 4 is 39.2 Å². The van der Waals surface area contributed by atoms with Gasteiger partial charge in [0.1, 0.15) is 0 Å². The van der Waals surface area contributed by atoms with Crippen LogP contribution in [0.25, 0.3) is 0 Å². The maximum absolute atomic E-state index is 6.98. The van der Waals surface area contributed by atoms with E-state index in [0.29, 0.717) is 0 Å². The molecule has 2 nitrogen and oxygen atoms in total. The molecule has 0 bridgehead atoms. The van der Waals surface area contributed by atoms with Gasteiger partial charge in [-0.15, -0.1) is 6.58 Å². The van der Waals surface area contributed by atoms with E-state index >= 15 is 0 Å². The van der Waals surface area contributed by atoms with Gasteiger partial charge in [-0.3, -0.25) is 0 Å².